The predicted molar refractivity (Wildman–Crippen MR) is 45.5 cm³/mol. The van der Waals surface area contributed by atoms with Crippen LogP contribution in [0.1, 0.15) is 36.7 Å². The maximum atomic E-state index is 3.27. The second kappa shape index (κ2) is 2.68. The Hall–Kier alpha value is -0.790. The lowest BCUT2D eigenvalue weighted by Crippen LogP contribution is -2.32. The van der Waals surface area contributed by atoms with Crippen LogP contribution in [0, 0.1) is 13.8 Å². The van der Waals surface area contributed by atoms with Crippen LogP contribution in [0.15, 0.2) is 0 Å². The van der Waals surface area contributed by atoms with Gasteiger partial charge in [0.1, 0.15) is 0 Å². The lowest BCUT2D eigenvalue weighted by atomic mass is 10.0. The predicted octanol–water partition coefficient (Wildman–Crippen LogP) is 1.58. The van der Waals surface area contributed by atoms with Gasteiger partial charge in [0.2, 0.25) is 5.69 Å². The molecular weight excluding hydrogens is 136 g/mol. The average molecular weight is 153 g/mol. The molecule has 0 fully saturated rings. The summed E-state index contributed by atoms with van der Waals surface area (Å²) in [6.07, 6.45) is 0. The van der Waals surface area contributed by atoms with Gasteiger partial charge >= 0.3 is 0 Å². The summed E-state index contributed by atoms with van der Waals surface area (Å²) in [5.74, 6) is 0.618. The highest BCUT2D eigenvalue weighted by molar-refractivity contribution is 5.23. The van der Waals surface area contributed by atoms with Crippen molar-refractivity contribution in [2.45, 2.75) is 33.6 Å². The fourth-order valence-corrected chi connectivity index (χ4v) is 1.70. The zero-order valence-electron chi connectivity index (χ0n) is 8.02. The zero-order chi connectivity index (χ0) is 8.59. The van der Waals surface area contributed by atoms with Crippen LogP contribution in [-0.4, -0.2) is 5.10 Å². The van der Waals surface area contributed by atoms with Gasteiger partial charge in [0.15, 0.2) is 7.05 Å². The number of nitrogens with zero attached hydrogens (tertiary/aromatic N) is 1. The number of hydrogen-bond donors (Lipinski definition) is 1. The minimum Gasteiger partial charge on any atom is -0.170 e. The molecular formula is C9H17N2+. The van der Waals surface area contributed by atoms with E-state index < -0.39 is 0 Å². The van der Waals surface area contributed by atoms with Gasteiger partial charge in [-0.2, -0.15) is 5.10 Å². The van der Waals surface area contributed by atoms with Crippen LogP contribution < -0.4 is 4.68 Å². The first-order valence-electron chi connectivity index (χ1n) is 4.09. The summed E-state index contributed by atoms with van der Waals surface area (Å²) in [6, 6.07) is 0. The Morgan fingerprint density at radius 3 is 2.00 bits per heavy atom. The molecule has 0 atom stereocenters. The first-order valence-corrected chi connectivity index (χ1v) is 4.09. The third kappa shape index (κ3) is 1.30. The summed E-state index contributed by atoms with van der Waals surface area (Å²) in [6.45, 7) is 8.73. The van der Waals surface area contributed by atoms with Gasteiger partial charge < -0.3 is 0 Å². The van der Waals surface area contributed by atoms with Crippen molar-refractivity contribution >= 4 is 0 Å². The Morgan fingerprint density at radius 1 is 1.27 bits per heavy atom. The second-order valence-corrected chi connectivity index (χ2v) is 3.45. The molecule has 2 heteroatoms. The van der Waals surface area contributed by atoms with E-state index in [9.17, 15) is 0 Å². The minimum absolute atomic E-state index is 0.618. The SMILES string of the molecule is Cc1[nH][n+](C)c(C)c1C(C)C. The van der Waals surface area contributed by atoms with Crippen LogP contribution in [0.2, 0.25) is 0 Å². The normalized spacial score (nSPS) is 11.1. The molecule has 62 valence electrons. The highest BCUT2D eigenvalue weighted by Gasteiger charge is 2.17. The van der Waals surface area contributed by atoms with E-state index >= 15 is 0 Å². The van der Waals surface area contributed by atoms with Gasteiger partial charge in [-0.1, -0.05) is 13.8 Å². The summed E-state index contributed by atoms with van der Waals surface area (Å²) >= 11 is 0. The Kier molecular flexibility index (Phi) is 2.03. The summed E-state index contributed by atoms with van der Waals surface area (Å²) in [4.78, 5) is 0. The van der Waals surface area contributed by atoms with E-state index in [4.69, 9.17) is 0 Å². The Labute approximate surface area is 68.2 Å². The topological polar surface area (TPSA) is 19.7 Å². The molecule has 0 aliphatic carbocycles. The lowest BCUT2D eigenvalue weighted by molar-refractivity contribution is -0.732. The van der Waals surface area contributed by atoms with Crippen molar-refractivity contribution in [3.05, 3.63) is 17.0 Å². The molecule has 0 saturated carbocycles. The molecule has 1 N–H and O–H groups in total. The fourth-order valence-electron chi connectivity index (χ4n) is 1.70. The first kappa shape index (κ1) is 8.31. The number of nitrogens with one attached hydrogen (secondary N) is 1. The van der Waals surface area contributed by atoms with Gasteiger partial charge in [0, 0.05) is 12.5 Å². The van der Waals surface area contributed by atoms with Crippen molar-refractivity contribution in [2.24, 2.45) is 7.05 Å². The minimum atomic E-state index is 0.618. The van der Waals surface area contributed by atoms with Crippen LogP contribution in [0.3, 0.4) is 0 Å². The number of H-pyrrole nitrogens is 1. The van der Waals surface area contributed by atoms with E-state index in [2.05, 4.69) is 37.5 Å². The largest absolute Gasteiger partial charge is 0.208 e. The fraction of sp³-hybridized carbons (Fsp3) is 0.667. The van der Waals surface area contributed by atoms with Crippen LogP contribution in [-0.2, 0) is 7.05 Å². The maximum absolute atomic E-state index is 3.27. The van der Waals surface area contributed by atoms with Crippen molar-refractivity contribution in [3.63, 3.8) is 0 Å². The standard InChI is InChI=1S/C9H16N2/c1-6(2)9-7(3)10-11(5)8(9)4/h6H,1-5H3/p+1. The number of hydrogen-bond acceptors (Lipinski definition) is 0. The van der Waals surface area contributed by atoms with Crippen LogP contribution in [0.4, 0.5) is 0 Å². The van der Waals surface area contributed by atoms with Crippen molar-refractivity contribution in [1.29, 1.82) is 0 Å². The van der Waals surface area contributed by atoms with Crippen LogP contribution in [0.5, 0.6) is 0 Å². The number of aryl methyl sites for hydroxylation is 2. The third-order valence-electron chi connectivity index (χ3n) is 2.21. The van der Waals surface area contributed by atoms with Gasteiger partial charge in [-0.05, 0) is 12.8 Å². The maximum Gasteiger partial charge on any atom is 0.208 e. The molecule has 11 heavy (non-hydrogen) atoms. The monoisotopic (exact) mass is 153 g/mol. The Balaban J connectivity index is 3.22. The highest BCUT2D eigenvalue weighted by Crippen LogP contribution is 2.18. The molecule has 0 aliphatic heterocycles. The van der Waals surface area contributed by atoms with Crippen molar-refractivity contribution in [2.75, 3.05) is 0 Å². The average Bonchev–Trinajstić information content (AvgIpc) is 2.07. The molecule has 0 aliphatic rings. The number of aromatic amines is 1. The van der Waals surface area contributed by atoms with Gasteiger partial charge in [0.05, 0.1) is 5.69 Å². The third-order valence-corrected chi connectivity index (χ3v) is 2.21. The van der Waals surface area contributed by atoms with Gasteiger partial charge in [-0.15, -0.1) is 4.68 Å². The molecule has 1 rings (SSSR count). The quantitative estimate of drug-likeness (QED) is 0.591. The lowest BCUT2D eigenvalue weighted by Gasteiger charge is -1.99. The molecule has 1 aromatic rings. The Bertz CT molecular complexity index is 259. The Morgan fingerprint density at radius 2 is 1.82 bits per heavy atom. The number of rotatable bonds is 1. The van der Waals surface area contributed by atoms with Gasteiger partial charge in [-0.3, -0.25) is 0 Å². The molecule has 0 saturated heterocycles. The van der Waals surface area contributed by atoms with E-state index in [1.54, 1.807) is 0 Å². The van der Waals surface area contributed by atoms with E-state index in [0.29, 0.717) is 5.92 Å². The summed E-state index contributed by atoms with van der Waals surface area (Å²) < 4.78 is 2.07. The van der Waals surface area contributed by atoms with Gasteiger partial charge in [0.25, 0.3) is 0 Å². The smallest absolute Gasteiger partial charge is 0.170 e. The molecule has 0 amide bonds. The first-order chi connectivity index (χ1) is 5.04. The van der Waals surface area contributed by atoms with Gasteiger partial charge in [-0.25, -0.2) is 0 Å². The molecule has 0 unspecified atom stereocenters. The molecule has 0 aromatic carbocycles. The van der Waals surface area contributed by atoms with Crippen molar-refractivity contribution in [1.82, 2.24) is 5.10 Å². The molecule has 1 aromatic heterocycles. The number of aromatic nitrogens is 2. The highest BCUT2D eigenvalue weighted by atomic mass is 15.3. The molecule has 0 bridgehead atoms. The van der Waals surface area contributed by atoms with Crippen molar-refractivity contribution in [3.8, 4) is 0 Å². The van der Waals surface area contributed by atoms with Crippen molar-refractivity contribution < 1.29 is 4.68 Å². The second-order valence-electron chi connectivity index (χ2n) is 3.45. The summed E-state index contributed by atoms with van der Waals surface area (Å²) in [5.41, 5.74) is 4.09. The zero-order valence-corrected chi connectivity index (χ0v) is 8.02. The molecule has 1 heterocycles. The van der Waals surface area contributed by atoms with E-state index in [-0.39, 0.29) is 0 Å². The van der Waals surface area contributed by atoms with Crippen LogP contribution in [0.25, 0.3) is 0 Å². The van der Waals surface area contributed by atoms with E-state index in [0.717, 1.165) is 0 Å². The molecule has 0 radical (unpaired) electrons. The van der Waals surface area contributed by atoms with Crippen LogP contribution >= 0.6 is 0 Å². The molecule has 0 spiro atoms. The van der Waals surface area contributed by atoms with E-state index in [1.807, 2.05) is 7.05 Å². The molecule has 2 nitrogen and oxygen atoms in total. The summed E-state index contributed by atoms with van der Waals surface area (Å²) in [5, 5.41) is 3.27. The summed E-state index contributed by atoms with van der Waals surface area (Å²) in [7, 11) is 2.05. The van der Waals surface area contributed by atoms with E-state index in [1.165, 1.54) is 17.0 Å².